The third-order valence-electron chi connectivity index (χ3n) is 5.62. The van der Waals surface area contributed by atoms with E-state index in [0.717, 1.165) is 57.5 Å². The average molecular weight is 409 g/mol. The molecular formula is C20H32N4O3S. The first-order valence-corrected chi connectivity index (χ1v) is 11.9. The molecule has 2 saturated heterocycles. The zero-order valence-corrected chi connectivity index (χ0v) is 17.8. The highest BCUT2D eigenvalue weighted by Crippen LogP contribution is 2.28. The van der Waals surface area contributed by atoms with Crippen molar-refractivity contribution in [3.63, 3.8) is 0 Å². The Morgan fingerprint density at radius 1 is 1.00 bits per heavy atom. The number of carbonyl (C=O) groups excluding carboxylic acids is 1. The Balaban J connectivity index is 1.94. The van der Waals surface area contributed by atoms with Gasteiger partial charge in [0.2, 0.25) is 10.0 Å². The van der Waals surface area contributed by atoms with E-state index >= 15 is 0 Å². The maximum Gasteiger partial charge on any atom is 0.267 e. The summed E-state index contributed by atoms with van der Waals surface area (Å²) in [7, 11) is -3.61. The van der Waals surface area contributed by atoms with Gasteiger partial charge in [-0.2, -0.15) is 4.31 Å². The lowest BCUT2D eigenvalue weighted by atomic mass is 10.1. The van der Waals surface area contributed by atoms with Crippen molar-refractivity contribution in [1.29, 1.82) is 0 Å². The second-order valence-electron chi connectivity index (χ2n) is 7.45. The molecule has 0 aliphatic carbocycles. The predicted octanol–water partition coefficient (Wildman–Crippen LogP) is 2.45. The summed E-state index contributed by atoms with van der Waals surface area (Å²) in [5, 5.41) is 1.95. The Kier molecular flexibility index (Phi) is 6.95. The lowest BCUT2D eigenvalue weighted by Crippen LogP contribution is -2.45. The summed E-state index contributed by atoms with van der Waals surface area (Å²) in [6.45, 7) is 7.92. The summed E-state index contributed by atoms with van der Waals surface area (Å²) < 4.78 is 27.3. The Morgan fingerprint density at radius 3 is 2.21 bits per heavy atom. The number of nitrogens with zero attached hydrogens (tertiary/aromatic N) is 3. The molecule has 2 fully saturated rings. The van der Waals surface area contributed by atoms with Gasteiger partial charge in [-0.05, 0) is 43.9 Å². The first-order chi connectivity index (χ1) is 13.5. The lowest BCUT2D eigenvalue weighted by molar-refractivity contribution is 0.0750. The molecule has 2 aliphatic heterocycles. The zero-order chi connectivity index (χ0) is 20.1. The second-order valence-corrected chi connectivity index (χ2v) is 9.39. The molecule has 2 aliphatic rings. The molecule has 2 heterocycles. The van der Waals surface area contributed by atoms with Crippen LogP contribution in [-0.4, -0.2) is 62.9 Å². The van der Waals surface area contributed by atoms with E-state index in [1.165, 1.54) is 10.7 Å². The predicted molar refractivity (Wildman–Crippen MR) is 111 cm³/mol. The number of hydrogen-bond acceptors (Lipinski definition) is 5. The van der Waals surface area contributed by atoms with Gasteiger partial charge < -0.3 is 4.90 Å². The first kappa shape index (κ1) is 21.1. The van der Waals surface area contributed by atoms with Crippen molar-refractivity contribution in [3.05, 3.63) is 23.8 Å². The number of hydrazine groups is 1. The third-order valence-corrected chi connectivity index (χ3v) is 7.66. The fourth-order valence-electron chi connectivity index (χ4n) is 4.01. The smallest absolute Gasteiger partial charge is 0.267 e. The molecule has 1 aromatic carbocycles. The van der Waals surface area contributed by atoms with Crippen LogP contribution in [0.5, 0.6) is 0 Å². The maximum atomic E-state index is 13.1. The summed E-state index contributed by atoms with van der Waals surface area (Å²) in [6.07, 6.45) is 5.49. The normalized spacial score (nSPS) is 18.6. The number of piperidine rings is 1. The largest absolute Gasteiger partial charge is 0.371 e. The molecule has 156 valence electrons. The molecular weight excluding hydrogens is 376 g/mol. The molecule has 0 bridgehead atoms. The van der Waals surface area contributed by atoms with Gasteiger partial charge in [0.15, 0.2) is 0 Å². The van der Waals surface area contributed by atoms with Gasteiger partial charge in [-0.1, -0.05) is 20.3 Å². The summed E-state index contributed by atoms with van der Waals surface area (Å²) in [4.78, 5) is 15.5. The van der Waals surface area contributed by atoms with E-state index in [1.807, 2.05) is 18.9 Å². The van der Waals surface area contributed by atoms with Gasteiger partial charge in [0.25, 0.3) is 5.91 Å². The number of sulfonamides is 1. The number of carbonyl (C=O) groups is 1. The molecule has 0 saturated carbocycles. The minimum atomic E-state index is -3.61. The van der Waals surface area contributed by atoms with Crippen LogP contribution < -0.4 is 10.3 Å². The quantitative estimate of drug-likeness (QED) is 0.750. The molecule has 3 rings (SSSR count). The summed E-state index contributed by atoms with van der Waals surface area (Å²) >= 11 is 0. The SMILES string of the molecule is CCN(CC)S(=O)(=O)c1ccc(N2CCCC2)c(C(=O)NN2CCCCC2)c1. The molecule has 1 N–H and O–H groups in total. The van der Waals surface area contributed by atoms with Crippen LogP contribution in [0.4, 0.5) is 5.69 Å². The van der Waals surface area contributed by atoms with E-state index < -0.39 is 10.0 Å². The summed E-state index contributed by atoms with van der Waals surface area (Å²) in [6, 6.07) is 4.99. The van der Waals surface area contributed by atoms with Crippen LogP contribution in [-0.2, 0) is 10.0 Å². The van der Waals surface area contributed by atoms with E-state index in [0.29, 0.717) is 18.7 Å². The number of amides is 1. The van der Waals surface area contributed by atoms with Crippen LogP contribution in [0.2, 0.25) is 0 Å². The zero-order valence-electron chi connectivity index (χ0n) is 17.0. The standard InChI is InChI=1S/C20H32N4O3S/c1-3-24(4-2)28(26,27)17-10-11-19(22-12-8-9-13-22)18(16-17)20(25)21-23-14-6-5-7-15-23/h10-11,16H,3-9,12-15H2,1-2H3,(H,21,25). The Morgan fingerprint density at radius 2 is 1.61 bits per heavy atom. The van der Waals surface area contributed by atoms with Gasteiger partial charge in [-0.25, -0.2) is 13.4 Å². The van der Waals surface area contributed by atoms with Crippen molar-refractivity contribution in [2.75, 3.05) is 44.2 Å². The Bertz CT molecular complexity index is 781. The average Bonchev–Trinajstić information content (AvgIpc) is 3.23. The van der Waals surface area contributed by atoms with Gasteiger partial charge in [-0.15, -0.1) is 0 Å². The fraction of sp³-hybridized carbons (Fsp3) is 0.650. The number of anilines is 1. The highest BCUT2D eigenvalue weighted by molar-refractivity contribution is 7.89. The number of nitrogens with one attached hydrogen (secondary N) is 1. The van der Waals surface area contributed by atoms with Crippen LogP contribution in [0, 0.1) is 0 Å². The first-order valence-electron chi connectivity index (χ1n) is 10.4. The molecule has 0 atom stereocenters. The van der Waals surface area contributed by atoms with Crippen molar-refractivity contribution >= 4 is 21.6 Å². The van der Waals surface area contributed by atoms with E-state index in [4.69, 9.17) is 0 Å². The van der Waals surface area contributed by atoms with E-state index in [2.05, 4.69) is 10.3 Å². The van der Waals surface area contributed by atoms with Crippen LogP contribution >= 0.6 is 0 Å². The van der Waals surface area contributed by atoms with E-state index in [-0.39, 0.29) is 10.8 Å². The molecule has 7 nitrogen and oxygen atoms in total. The van der Waals surface area contributed by atoms with Crippen molar-refractivity contribution in [2.45, 2.75) is 50.8 Å². The minimum absolute atomic E-state index is 0.183. The van der Waals surface area contributed by atoms with E-state index in [1.54, 1.807) is 18.2 Å². The second kappa shape index (κ2) is 9.24. The highest BCUT2D eigenvalue weighted by Gasteiger charge is 2.27. The van der Waals surface area contributed by atoms with Crippen LogP contribution in [0.3, 0.4) is 0 Å². The molecule has 0 aromatic heterocycles. The van der Waals surface area contributed by atoms with Crippen molar-refractivity contribution in [1.82, 2.24) is 14.7 Å². The molecule has 0 unspecified atom stereocenters. The minimum Gasteiger partial charge on any atom is -0.371 e. The van der Waals surface area contributed by atoms with Crippen molar-refractivity contribution in [2.24, 2.45) is 0 Å². The molecule has 1 amide bonds. The van der Waals surface area contributed by atoms with Gasteiger partial charge in [0, 0.05) is 45.0 Å². The number of benzene rings is 1. The van der Waals surface area contributed by atoms with Gasteiger partial charge in [0.05, 0.1) is 10.5 Å². The number of hydrogen-bond donors (Lipinski definition) is 1. The lowest BCUT2D eigenvalue weighted by Gasteiger charge is -2.28. The molecule has 0 radical (unpaired) electrons. The van der Waals surface area contributed by atoms with Crippen LogP contribution in [0.25, 0.3) is 0 Å². The van der Waals surface area contributed by atoms with Gasteiger partial charge >= 0.3 is 0 Å². The summed E-state index contributed by atoms with van der Waals surface area (Å²) in [5.41, 5.74) is 4.26. The highest BCUT2D eigenvalue weighted by atomic mass is 32.2. The number of rotatable bonds is 7. The molecule has 8 heteroatoms. The summed E-state index contributed by atoms with van der Waals surface area (Å²) in [5.74, 6) is -0.222. The topological polar surface area (TPSA) is 73.0 Å². The Labute approximate surface area is 168 Å². The fourth-order valence-corrected chi connectivity index (χ4v) is 5.50. The monoisotopic (exact) mass is 408 g/mol. The third kappa shape index (κ3) is 4.50. The van der Waals surface area contributed by atoms with Crippen LogP contribution in [0.1, 0.15) is 56.3 Å². The van der Waals surface area contributed by atoms with Gasteiger partial charge in [0.1, 0.15) is 0 Å². The molecule has 1 aromatic rings. The van der Waals surface area contributed by atoms with Crippen molar-refractivity contribution in [3.8, 4) is 0 Å². The van der Waals surface area contributed by atoms with Crippen molar-refractivity contribution < 1.29 is 13.2 Å². The maximum absolute atomic E-state index is 13.1. The van der Waals surface area contributed by atoms with E-state index in [9.17, 15) is 13.2 Å². The Hall–Kier alpha value is -1.64. The molecule has 0 spiro atoms. The van der Waals surface area contributed by atoms with Gasteiger partial charge in [-0.3, -0.25) is 10.2 Å². The van der Waals surface area contributed by atoms with Crippen LogP contribution in [0.15, 0.2) is 23.1 Å². The molecule has 28 heavy (non-hydrogen) atoms.